The molecule has 3 unspecified atom stereocenters. The van der Waals surface area contributed by atoms with Crippen LogP contribution in [0.1, 0.15) is 31.9 Å². The van der Waals surface area contributed by atoms with E-state index in [0.717, 1.165) is 12.0 Å². The van der Waals surface area contributed by atoms with Crippen LogP contribution in [0.3, 0.4) is 0 Å². The van der Waals surface area contributed by atoms with E-state index in [1.807, 2.05) is 19.9 Å². The predicted octanol–water partition coefficient (Wildman–Crippen LogP) is 2.64. The van der Waals surface area contributed by atoms with Gasteiger partial charge in [0.1, 0.15) is 0 Å². The highest BCUT2D eigenvalue weighted by atomic mass is 32.2. The topological polar surface area (TPSA) is 38.3 Å². The van der Waals surface area contributed by atoms with E-state index in [1.54, 1.807) is 12.3 Å². The van der Waals surface area contributed by atoms with Gasteiger partial charge < -0.3 is 10.1 Å². The Hall–Kier alpha value is -0.940. The molecule has 0 aromatic heterocycles. The molecule has 3 nitrogen and oxygen atoms in total. The summed E-state index contributed by atoms with van der Waals surface area (Å²) < 4.78 is 29.5. The molecule has 3 atom stereocenters. The highest BCUT2D eigenvalue weighted by Crippen LogP contribution is 2.22. The van der Waals surface area contributed by atoms with Gasteiger partial charge in [0.2, 0.25) is 0 Å². The van der Waals surface area contributed by atoms with E-state index in [4.69, 9.17) is 4.74 Å². The summed E-state index contributed by atoms with van der Waals surface area (Å²) in [5.41, 5.74) is 0.878. The fourth-order valence-electron chi connectivity index (χ4n) is 1.90. The van der Waals surface area contributed by atoms with E-state index >= 15 is 0 Å². The molecule has 0 aliphatic carbocycles. The Morgan fingerprint density at radius 2 is 2.11 bits per heavy atom. The summed E-state index contributed by atoms with van der Waals surface area (Å²) in [5, 5.41) is 3.37. The first-order valence-corrected chi connectivity index (χ1v) is 8.06. The number of methoxy groups -OCH3 is 1. The monoisotopic (exact) mass is 287 g/mol. The molecule has 1 aromatic carbocycles. The van der Waals surface area contributed by atoms with Crippen LogP contribution in [0, 0.1) is 5.82 Å². The normalized spacial score (nSPS) is 15.8. The third kappa shape index (κ3) is 5.28. The number of ether oxygens (including phenoxy) is 1. The summed E-state index contributed by atoms with van der Waals surface area (Å²) in [6.45, 7) is 4.03. The van der Waals surface area contributed by atoms with Crippen LogP contribution in [0.25, 0.3) is 0 Å². The van der Waals surface area contributed by atoms with E-state index in [9.17, 15) is 8.60 Å². The van der Waals surface area contributed by atoms with Gasteiger partial charge in [-0.1, -0.05) is 6.07 Å². The Morgan fingerprint density at radius 1 is 1.42 bits per heavy atom. The largest absolute Gasteiger partial charge is 0.494 e. The highest BCUT2D eigenvalue weighted by molar-refractivity contribution is 7.84. The number of rotatable bonds is 7. The van der Waals surface area contributed by atoms with Crippen LogP contribution in [-0.2, 0) is 10.8 Å². The third-order valence-electron chi connectivity index (χ3n) is 3.05. The molecular formula is C14H22FNO2S. The van der Waals surface area contributed by atoms with Crippen molar-refractivity contribution >= 4 is 10.8 Å². The van der Waals surface area contributed by atoms with Crippen molar-refractivity contribution in [1.82, 2.24) is 5.32 Å². The average molecular weight is 287 g/mol. The summed E-state index contributed by atoms with van der Waals surface area (Å²) in [4.78, 5) is 0. The number of halogens is 1. The number of nitrogens with one attached hydrogen (secondary N) is 1. The fraction of sp³-hybridized carbons (Fsp3) is 0.571. The van der Waals surface area contributed by atoms with Gasteiger partial charge in [0.25, 0.3) is 0 Å². The van der Waals surface area contributed by atoms with E-state index < -0.39 is 10.8 Å². The molecule has 0 bridgehead atoms. The molecule has 1 rings (SSSR count). The minimum Gasteiger partial charge on any atom is -0.494 e. The van der Waals surface area contributed by atoms with E-state index in [-0.39, 0.29) is 23.7 Å². The molecule has 108 valence electrons. The number of benzene rings is 1. The van der Waals surface area contributed by atoms with Crippen molar-refractivity contribution < 1.29 is 13.3 Å². The molecule has 0 saturated heterocycles. The molecule has 0 aliphatic rings. The van der Waals surface area contributed by atoms with Crippen LogP contribution in [0.4, 0.5) is 4.39 Å². The van der Waals surface area contributed by atoms with Gasteiger partial charge in [-0.05, 0) is 38.0 Å². The lowest BCUT2D eigenvalue weighted by molar-refractivity contribution is 0.385. The molecule has 0 spiro atoms. The molecule has 0 amide bonds. The molecule has 1 aromatic rings. The van der Waals surface area contributed by atoms with Crippen molar-refractivity contribution in [2.75, 3.05) is 19.1 Å². The summed E-state index contributed by atoms with van der Waals surface area (Å²) in [5.74, 6) is 0.582. The van der Waals surface area contributed by atoms with Crippen molar-refractivity contribution in [2.24, 2.45) is 0 Å². The lowest BCUT2D eigenvalue weighted by Gasteiger charge is -2.20. The second-order valence-corrected chi connectivity index (χ2v) is 6.30. The van der Waals surface area contributed by atoms with Crippen LogP contribution in [0.2, 0.25) is 0 Å². The van der Waals surface area contributed by atoms with Crippen molar-refractivity contribution in [1.29, 1.82) is 0 Å². The van der Waals surface area contributed by atoms with Gasteiger partial charge in [-0.15, -0.1) is 0 Å². The maximum atomic E-state index is 13.6. The Kier molecular flexibility index (Phi) is 6.45. The molecule has 0 fully saturated rings. The first kappa shape index (κ1) is 16.1. The standard InChI is InChI=1S/C14H22FNO2S/c1-10(7-8-19(4)17)16-11(2)12-5-6-14(18-3)13(15)9-12/h5-6,9-11,16H,7-8H2,1-4H3. The number of hydrogen-bond donors (Lipinski definition) is 1. The summed E-state index contributed by atoms with van der Waals surface area (Å²) in [6.07, 6.45) is 2.54. The summed E-state index contributed by atoms with van der Waals surface area (Å²) in [7, 11) is 0.681. The van der Waals surface area contributed by atoms with Crippen LogP contribution in [-0.4, -0.2) is 29.4 Å². The molecule has 19 heavy (non-hydrogen) atoms. The highest BCUT2D eigenvalue weighted by Gasteiger charge is 2.12. The fourth-order valence-corrected chi connectivity index (χ4v) is 2.59. The zero-order valence-electron chi connectivity index (χ0n) is 11.9. The van der Waals surface area contributed by atoms with Crippen molar-refractivity contribution in [3.05, 3.63) is 29.6 Å². The molecule has 0 radical (unpaired) electrons. The van der Waals surface area contributed by atoms with Crippen molar-refractivity contribution in [3.63, 3.8) is 0 Å². The predicted molar refractivity (Wildman–Crippen MR) is 77.5 cm³/mol. The first-order valence-electron chi connectivity index (χ1n) is 6.33. The Balaban J connectivity index is 2.60. The van der Waals surface area contributed by atoms with Gasteiger partial charge >= 0.3 is 0 Å². The van der Waals surface area contributed by atoms with Crippen LogP contribution < -0.4 is 10.1 Å². The molecule has 0 heterocycles. The zero-order chi connectivity index (χ0) is 14.4. The quantitative estimate of drug-likeness (QED) is 0.838. The minimum absolute atomic E-state index is 0.0423. The summed E-state index contributed by atoms with van der Waals surface area (Å²) >= 11 is 0. The van der Waals surface area contributed by atoms with E-state index in [2.05, 4.69) is 5.32 Å². The molecule has 1 N–H and O–H groups in total. The van der Waals surface area contributed by atoms with Gasteiger partial charge in [-0.25, -0.2) is 4.39 Å². The Labute approximate surface area is 117 Å². The second-order valence-electron chi connectivity index (χ2n) is 4.75. The van der Waals surface area contributed by atoms with Crippen LogP contribution in [0.15, 0.2) is 18.2 Å². The molecule has 0 saturated carbocycles. The van der Waals surface area contributed by atoms with Crippen LogP contribution >= 0.6 is 0 Å². The number of hydrogen-bond acceptors (Lipinski definition) is 3. The molecule has 0 aliphatic heterocycles. The first-order chi connectivity index (χ1) is 8.93. The van der Waals surface area contributed by atoms with Crippen molar-refractivity contribution in [2.45, 2.75) is 32.4 Å². The maximum absolute atomic E-state index is 13.6. The van der Waals surface area contributed by atoms with E-state index in [1.165, 1.54) is 13.2 Å². The van der Waals surface area contributed by atoms with Gasteiger partial charge in [0.15, 0.2) is 11.6 Å². The van der Waals surface area contributed by atoms with E-state index in [0.29, 0.717) is 5.75 Å². The molecule has 5 heteroatoms. The average Bonchev–Trinajstić information content (AvgIpc) is 2.36. The lowest BCUT2D eigenvalue weighted by atomic mass is 10.1. The minimum atomic E-state index is -0.770. The van der Waals surface area contributed by atoms with Gasteiger partial charge in [-0.3, -0.25) is 4.21 Å². The lowest BCUT2D eigenvalue weighted by Crippen LogP contribution is -2.30. The SMILES string of the molecule is COc1ccc(C(C)NC(C)CCS(C)=O)cc1F. The van der Waals surface area contributed by atoms with Crippen molar-refractivity contribution in [3.8, 4) is 5.75 Å². The Bertz CT molecular complexity index is 439. The van der Waals surface area contributed by atoms with Gasteiger partial charge in [-0.2, -0.15) is 0 Å². The maximum Gasteiger partial charge on any atom is 0.165 e. The Morgan fingerprint density at radius 3 is 2.63 bits per heavy atom. The molecular weight excluding hydrogens is 265 g/mol. The van der Waals surface area contributed by atoms with Gasteiger partial charge in [0, 0.05) is 34.9 Å². The van der Waals surface area contributed by atoms with Crippen LogP contribution in [0.5, 0.6) is 5.75 Å². The van der Waals surface area contributed by atoms with Gasteiger partial charge in [0.05, 0.1) is 7.11 Å². The third-order valence-corrected chi connectivity index (χ3v) is 3.86. The smallest absolute Gasteiger partial charge is 0.165 e. The second kappa shape index (κ2) is 7.60. The summed E-state index contributed by atoms with van der Waals surface area (Å²) in [6, 6.07) is 5.25. The zero-order valence-corrected chi connectivity index (χ0v) is 12.7.